The van der Waals surface area contributed by atoms with Gasteiger partial charge in [0.15, 0.2) is 17.3 Å². The van der Waals surface area contributed by atoms with Crippen LogP contribution < -0.4 is 14.8 Å². The monoisotopic (exact) mass is 291 g/mol. The average molecular weight is 291 g/mol. The van der Waals surface area contributed by atoms with Crippen LogP contribution in [0, 0.1) is 0 Å². The summed E-state index contributed by atoms with van der Waals surface area (Å²) in [6, 6.07) is 5.95. The zero-order valence-electron chi connectivity index (χ0n) is 12.6. The molecule has 6 nitrogen and oxygen atoms in total. The summed E-state index contributed by atoms with van der Waals surface area (Å²) in [7, 11) is 1.65. The molecule has 0 unspecified atom stereocenters. The van der Waals surface area contributed by atoms with Crippen molar-refractivity contribution in [3.05, 3.63) is 36.0 Å². The van der Waals surface area contributed by atoms with Crippen LogP contribution in [0.5, 0.6) is 11.5 Å². The molecule has 0 radical (unpaired) electrons. The lowest BCUT2D eigenvalue weighted by molar-refractivity contribution is 0.230. The molecule has 1 aromatic carbocycles. The molecule has 1 heterocycles. The van der Waals surface area contributed by atoms with Gasteiger partial charge in [-0.25, -0.2) is 0 Å². The van der Waals surface area contributed by atoms with Crippen LogP contribution in [0.3, 0.4) is 0 Å². The lowest BCUT2D eigenvalue weighted by Gasteiger charge is -2.14. The summed E-state index contributed by atoms with van der Waals surface area (Å²) >= 11 is 0. The average Bonchev–Trinajstić information content (AvgIpc) is 2.97. The van der Waals surface area contributed by atoms with Crippen molar-refractivity contribution < 1.29 is 14.0 Å². The van der Waals surface area contributed by atoms with Crippen molar-refractivity contribution in [1.29, 1.82) is 0 Å². The molecule has 2 aromatic rings. The molecule has 0 spiro atoms. The molecule has 6 heteroatoms. The minimum absolute atomic E-state index is 0.123. The Morgan fingerprint density at radius 2 is 2.14 bits per heavy atom. The van der Waals surface area contributed by atoms with Gasteiger partial charge in [0.2, 0.25) is 6.39 Å². The van der Waals surface area contributed by atoms with Gasteiger partial charge in [0.05, 0.1) is 13.2 Å². The van der Waals surface area contributed by atoms with Crippen molar-refractivity contribution in [3.8, 4) is 11.5 Å². The Morgan fingerprint density at radius 1 is 1.29 bits per heavy atom. The predicted octanol–water partition coefficient (Wildman–Crippen LogP) is 2.20. The third kappa shape index (κ3) is 4.75. The van der Waals surface area contributed by atoms with Crippen molar-refractivity contribution >= 4 is 0 Å². The highest BCUT2D eigenvalue weighted by molar-refractivity contribution is 5.43. The topological polar surface area (TPSA) is 69.4 Å². The Morgan fingerprint density at radius 3 is 2.81 bits per heavy atom. The van der Waals surface area contributed by atoms with Crippen molar-refractivity contribution in [1.82, 2.24) is 15.5 Å². The quantitative estimate of drug-likeness (QED) is 0.752. The van der Waals surface area contributed by atoms with Gasteiger partial charge in [-0.2, -0.15) is 4.98 Å². The van der Waals surface area contributed by atoms with E-state index in [1.54, 1.807) is 7.11 Å². The number of benzene rings is 1. The first-order valence-electron chi connectivity index (χ1n) is 6.98. The number of hydrogen-bond acceptors (Lipinski definition) is 6. The van der Waals surface area contributed by atoms with Crippen molar-refractivity contribution in [2.75, 3.05) is 13.7 Å². The highest BCUT2D eigenvalue weighted by Crippen LogP contribution is 2.28. The smallest absolute Gasteiger partial charge is 0.213 e. The van der Waals surface area contributed by atoms with E-state index in [2.05, 4.69) is 20.0 Å². The van der Waals surface area contributed by atoms with E-state index in [1.165, 1.54) is 6.39 Å². The Balaban J connectivity index is 1.85. The van der Waals surface area contributed by atoms with Gasteiger partial charge < -0.3 is 19.3 Å². The minimum Gasteiger partial charge on any atom is -0.493 e. The molecule has 0 saturated carbocycles. The van der Waals surface area contributed by atoms with E-state index in [-0.39, 0.29) is 6.10 Å². The SMILES string of the molecule is COc1cc(CNCCc2ncon2)ccc1OC(C)C. The summed E-state index contributed by atoms with van der Waals surface area (Å²) in [6.07, 6.45) is 2.20. The van der Waals surface area contributed by atoms with Crippen molar-refractivity contribution in [2.45, 2.75) is 32.9 Å². The van der Waals surface area contributed by atoms with Crippen LogP contribution in [0.2, 0.25) is 0 Å². The largest absolute Gasteiger partial charge is 0.493 e. The van der Waals surface area contributed by atoms with Gasteiger partial charge >= 0.3 is 0 Å². The molecule has 0 aliphatic rings. The van der Waals surface area contributed by atoms with Crippen LogP contribution in [-0.4, -0.2) is 29.9 Å². The Bertz CT molecular complexity index is 541. The van der Waals surface area contributed by atoms with Crippen molar-refractivity contribution in [3.63, 3.8) is 0 Å². The third-order valence-corrected chi connectivity index (χ3v) is 2.85. The van der Waals surface area contributed by atoms with E-state index in [4.69, 9.17) is 9.47 Å². The highest BCUT2D eigenvalue weighted by atomic mass is 16.5. The molecule has 0 amide bonds. The molecule has 0 bridgehead atoms. The van der Waals surface area contributed by atoms with Gasteiger partial charge in [-0.05, 0) is 31.5 Å². The lowest BCUT2D eigenvalue weighted by Crippen LogP contribution is -2.17. The molecule has 114 valence electrons. The first-order chi connectivity index (χ1) is 10.2. The standard InChI is InChI=1S/C15H21N3O3/c1-11(2)21-13-5-4-12(8-14(13)19-3)9-16-7-6-15-17-10-20-18-15/h4-5,8,10-11,16H,6-7,9H2,1-3H3. The fourth-order valence-electron chi connectivity index (χ4n) is 1.91. The highest BCUT2D eigenvalue weighted by Gasteiger charge is 2.07. The fourth-order valence-corrected chi connectivity index (χ4v) is 1.91. The summed E-state index contributed by atoms with van der Waals surface area (Å²) in [4.78, 5) is 3.97. The summed E-state index contributed by atoms with van der Waals surface area (Å²) in [5.74, 6) is 2.23. The first kappa shape index (κ1) is 15.3. The molecule has 0 atom stereocenters. The zero-order chi connectivity index (χ0) is 15.1. The second kappa shape index (κ2) is 7.64. The van der Waals surface area contributed by atoms with E-state index in [1.807, 2.05) is 32.0 Å². The molecule has 1 aromatic heterocycles. The number of rotatable bonds is 8. The second-order valence-corrected chi connectivity index (χ2v) is 4.93. The maximum Gasteiger partial charge on any atom is 0.213 e. The van der Waals surface area contributed by atoms with Crippen LogP contribution in [0.15, 0.2) is 29.1 Å². The van der Waals surface area contributed by atoms with Crippen LogP contribution in [0.25, 0.3) is 0 Å². The van der Waals surface area contributed by atoms with Gasteiger partial charge in [0.25, 0.3) is 0 Å². The van der Waals surface area contributed by atoms with Gasteiger partial charge in [0.1, 0.15) is 0 Å². The molecule has 0 aliphatic carbocycles. The summed E-state index contributed by atoms with van der Waals surface area (Å²) in [6.45, 7) is 5.52. The fraction of sp³-hybridized carbons (Fsp3) is 0.467. The number of ether oxygens (including phenoxy) is 2. The summed E-state index contributed by atoms with van der Waals surface area (Å²) in [5.41, 5.74) is 1.14. The number of hydrogen-bond donors (Lipinski definition) is 1. The molecule has 2 rings (SSSR count). The predicted molar refractivity (Wildman–Crippen MR) is 78.5 cm³/mol. The maximum atomic E-state index is 5.69. The van der Waals surface area contributed by atoms with Crippen LogP contribution in [-0.2, 0) is 13.0 Å². The molecular formula is C15H21N3O3. The molecular weight excluding hydrogens is 270 g/mol. The van der Waals surface area contributed by atoms with Gasteiger partial charge in [-0.15, -0.1) is 0 Å². The zero-order valence-corrected chi connectivity index (χ0v) is 12.6. The Hall–Kier alpha value is -2.08. The number of methoxy groups -OCH3 is 1. The minimum atomic E-state index is 0.123. The van der Waals surface area contributed by atoms with E-state index in [0.29, 0.717) is 5.82 Å². The van der Waals surface area contributed by atoms with Gasteiger partial charge in [-0.1, -0.05) is 11.2 Å². The normalized spacial score (nSPS) is 10.9. The Kier molecular flexibility index (Phi) is 5.57. The molecule has 0 aliphatic heterocycles. The first-order valence-corrected chi connectivity index (χ1v) is 6.98. The van der Waals surface area contributed by atoms with E-state index in [0.717, 1.165) is 36.6 Å². The van der Waals surface area contributed by atoms with E-state index >= 15 is 0 Å². The number of nitrogens with one attached hydrogen (secondary N) is 1. The number of aromatic nitrogens is 2. The summed E-state index contributed by atoms with van der Waals surface area (Å²) < 4.78 is 15.7. The van der Waals surface area contributed by atoms with Crippen LogP contribution in [0.1, 0.15) is 25.2 Å². The van der Waals surface area contributed by atoms with E-state index in [9.17, 15) is 0 Å². The van der Waals surface area contributed by atoms with Gasteiger partial charge in [0, 0.05) is 19.5 Å². The lowest BCUT2D eigenvalue weighted by atomic mass is 10.2. The molecule has 1 N–H and O–H groups in total. The second-order valence-electron chi connectivity index (χ2n) is 4.93. The number of nitrogens with zero attached hydrogens (tertiary/aromatic N) is 2. The van der Waals surface area contributed by atoms with Crippen LogP contribution in [0.4, 0.5) is 0 Å². The summed E-state index contributed by atoms with van der Waals surface area (Å²) in [5, 5.41) is 7.10. The molecule has 0 fully saturated rings. The molecule has 0 saturated heterocycles. The Labute approximate surface area is 124 Å². The van der Waals surface area contributed by atoms with E-state index < -0.39 is 0 Å². The van der Waals surface area contributed by atoms with Gasteiger partial charge in [-0.3, -0.25) is 0 Å². The third-order valence-electron chi connectivity index (χ3n) is 2.85. The molecule has 21 heavy (non-hydrogen) atoms. The van der Waals surface area contributed by atoms with Crippen molar-refractivity contribution in [2.24, 2.45) is 0 Å². The van der Waals surface area contributed by atoms with Crippen LogP contribution >= 0.6 is 0 Å². The maximum absolute atomic E-state index is 5.69.